The summed E-state index contributed by atoms with van der Waals surface area (Å²) in [6.07, 6.45) is 4.55. The average Bonchev–Trinajstić information content (AvgIpc) is 3.48. The number of nitrogens with zero attached hydrogens (tertiary/aromatic N) is 2. The van der Waals surface area contributed by atoms with Crippen molar-refractivity contribution in [3.8, 4) is 0 Å². The van der Waals surface area contributed by atoms with Crippen molar-refractivity contribution in [2.24, 2.45) is 0 Å². The molecule has 0 spiro atoms. The van der Waals surface area contributed by atoms with Crippen LogP contribution < -0.4 is 51.3 Å². The molecule has 0 saturated heterocycles. The van der Waals surface area contributed by atoms with Crippen LogP contribution in [0.5, 0.6) is 0 Å². The summed E-state index contributed by atoms with van der Waals surface area (Å²) >= 11 is 0. The van der Waals surface area contributed by atoms with Gasteiger partial charge in [-0.1, -0.05) is 295 Å². The standard InChI is InChI=1S/C69H66N2P4/c1-5-56-50-54(51-57(6-2)68(56)70(72(60-33-17-9-18-34-60)61-35-19-10-20-36-61)73(62-37-21-11-22-38-62)63-39-23-12-24-40-63)49-55-52-58(7-3)69(59(8-4)53-55)71(74(64-41-25-13-26-42-64)65-43-27-14-28-44-65)75(66-45-29-15-30-46-66)67-47-31-16-32-48-67/h9-48,50-53H,5-8,49H2,1-4H3. The normalized spacial score (nSPS) is 11.4. The quantitative estimate of drug-likeness (QED) is 0.0702. The van der Waals surface area contributed by atoms with Gasteiger partial charge in [0.05, 0.1) is 43.7 Å². The van der Waals surface area contributed by atoms with Gasteiger partial charge in [-0.25, -0.2) is 0 Å². The van der Waals surface area contributed by atoms with Gasteiger partial charge in [-0.3, -0.25) is 0 Å². The molecular formula is C69H66N2P4. The Morgan fingerprint density at radius 1 is 0.240 bits per heavy atom. The predicted molar refractivity (Wildman–Crippen MR) is 334 cm³/mol. The van der Waals surface area contributed by atoms with E-state index in [0.29, 0.717) is 0 Å². The Labute approximate surface area is 452 Å². The van der Waals surface area contributed by atoms with Gasteiger partial charge in [-0.2, -0.15) is 0 Å². The third kappa shape index (κ3) is 11.7. The van der Waals surface area contributed by atoms with E-state index in [1.54, 1.807) is 0 Å². The van der Waals surface area contributed by atoms with Gasteiger partial charge in [0.1, 0.15) is 0 Å². The van der Waals surface area contributed by atoms with Crippen molar-refractivity contribution in [1.29, 1.82) is 0 Å². The molecule has 0 fully saturated rings. The zero-order chi connectivity index (χ0) is 51.3. The summed E-state index contributed by atoms with van der Waals surface area (Å²) in [6.45, 7) is 9.46. The predicted octanol–water partition coefficient (Wildman–Crippen LogP) is 15.3. The molecule has 0 aliphatic carbocycles. The molecule has 0 N–H and O–H groups in total. The molecule has 0 heterocycles. The molecule has 75 heavy (non-hydrogen) atoms. The molecule has 0 radical (unpaired) electrons. The first kappa shape index (κ1) is 52.0. The van der Waals surface area contributed by atoms with Crippen molar-refractivity contribution < 1.29 is 0 Å². The molecule has 0 unspecified atom stereocenters. The van der Waals surface area contributed by atoms with Crippen molar-refractivity contribution >= 4 is 86.1 Å². The highest BCUT2D eigenvalue weighted by atomic mass is 31.2. The lowest BCUT2D eigenvalue weighted by molar-refractivity contribution is 1.04. The van der Waals surface area contributed by atoms with Crippen LogP contribution in [0.4, 0.5) is 11.4 Å². The van der Waals surface area contributed by atoms with Crippen LogP contribution in [0.3, 0.4) is 0 Å². The maximum atomic E-state index is 2.91. The van der Waals surface area contributed by atoms with Crippen molar-refractivity contribution in [1.82, 2.24) is 0 Å². The Morgan fingerprint density at radius 3 is 0.547 bits per heavy atom. The lowest BCUT2D eigenvalue weighted by Crippen LogP contribution is -2.33. The van der Waals surface area contributed by atoms with Crippen LogP contribution in [0.25, 0.3) is 0 Å². The van der Waals surface area contributed by atoms with E-state index in [0.717, 1.165) is 32.1 Å². The summed E-state index contributed by atoms with van der Waals surface area (Å²) in [5, 5.41) is 10.8. The van der Waals surface area contributed by atoms with Gasteiger partial charge in [0, 0.05) is 42.4 Å². The number of hydrogen-bond acceptors (Lipinski definition) is 2. The van der Waals surface area contributed by atoms with E-state index in [2.05, 4.69) is 303 Å². The van der Waals surface area contributed by atoms with Crippen LogP contribution in [0.2, 0.25) is 0 Å². The third-order valence-electron chi connectivity index (χ3n) is 13.8. The van der Waals surface area contributed by atoms with Crippen LogP contribution >= 0.6 is 32.3 Å². The molecule has 10 rings (SSSR count). The fraction of sp³-hybridized carbons (Fsp3) is 0.130. The minimum atomic E-state index is -1.02. The highest BCUT2D eigenvalue weighted by molar-refractivity contribution is 7.91. The van der Waals surface area contributed by atoms with Crippen LogP contribution in [0, 0.1) is 0 Å². The third-order valence-corrected chi connectivity index (χ3v) is 24.5. The monoisotopic (exact) mass is 1050 g/mol. The second-order valence-corrected chi connectivity index (χ2v) is 27.5. The first-order valence-electron chi connectivity index (χ1n) is 26.6. The zero-order valence-electron chi connectivity index (χ0n) is 43.6. The van der Waals surface area contributed by atoms with Gasteiger partial charge in [-0.05, 0) is 65.5 Å². The fourth-order valence-electron chi connectivity index (χ4n) is 10.3. The molecule has 10 aromatic rings. The summed E-state index contributed by atoms with van der Waals surface area (Å²) in [4.78, 5) is 0. The molecule has 0 atom stereocenters. The molecule has 2 nitrogen and oxygen atoms in total. The molecule has 0 saturated carbocycles. The molecule has 0 aromatic heterocycles. The molecule has 0 aliphatic heterocycles. The molecule has 10 aromatic carbocycles. The maximum Gasteiger partial charge on any atom is 0.0590 e. The molecule has 372 valence electrons. The van der Waals surface area contributed by atoms with Crippen LogP contribution in [-0.2, 0) is 32.1 Å². The van der Waals surface area contributed by atoms with Crippen LogP contribution in [0.15, 0.2) is 267 Å². The number of hydrogen-bond donors (Lipinski definition) is 0. The van der Waals surface area contributed by atoms with E-state index in [9.17, 15) is 0 Å². The molecule has 6 heteroatoms. The minimum absolute atomic E-state index is 0.858. The van der Waals surface area contributed by atoms with Gasteiger partial charge >= 0.3 is 0 Å². The molecule has 0 bridgehead atoms. The summed E-state index contributed by atoms with van der Waals surface area (Å²) in [5.41, 5.74) is 11.2. The Kier molecular flexibility index (Phi) is 17.6. The summed E-state index contributed by atoms with van der Waals surface area (Å²) in [7, 11) is -4.08. The Balaban J connectivity index is 1.16. The maximum absolute atomic E-state index is 2.91. The lowest BCUT2D eigenvalue weighted by atomic mass is 9.93. The fourth-order valence-corrected chi connectivity index (χ4v) is 22.6. The SMILES string of the molecule is CCc1cc(Cc2cc(CC)c(N(P(c3ccccc3)c3ccccc3)P(c3ccccc3)c3ccccc3)c(CC)c2)cc(CC)c1N(P(c1ccccc1)c1ccccc1)P(c1ccccc1)c1ccccc1. The lowest BCUT2D eigenvalue weighted by Gasteiger charge is -2.43. The average molecular weight is 1050 g/mol. The van der Waals surface area contributed by atoms with Gasteiger partial charge in [0.25, 0.3) is 0 Å². The Hall–Kier alpha value is -6.48. The van der Waals surface area contributed by atoms with E-state index in [1.807, 2.05) is 0 Å². The second-order valence-electron chi connectivity index (χ2n) is 18.6. The van der Waals surface area contributed by atoms with Gasteiger partial charge in [0.15, 0.2) is 0 Å². The van der Waals surface area contributed by atoms with Gasteiger partial charge in [-0.15, -0.1) is 0 Å². The summed E-state index contributed by atoms with van der Waals surface area (Å²) < 4.78 is 5.81. The van der Waals surface area contributed by atoms with E-state index in [1.165, 1.54) is 87.2 Å². The molecule has 0 aliphatic rings. The largest absolute Gasteiger partial charge is 0.312 e. The highest BCUT2D eigenvalue weighted by Gasteiger charge is 2.37. The van der Waals surface area contributed by atoms with Crippen molar-refractivity contribution in [3.05, 3.63) is 300 Å². The van der Waals surface area contributed by atoms with Gasteiger partial charge in [0.2, 0.25) is 0 Å². The second kappa shape index (κ2) is 25.4. The first-order chi connectivity index (χ1) is 37.1. The topological polar surface area (TPSA) is 6.48 Å². The molecule has 0 amide bonds. The smallest absolute Gasteiger partial charge is 0.0590 e. The van der Waals surface area contributed by atoms with Gasteiger partial charge < -0.3 is 8.88 Å². The summed E-state index contributed by atoms with van der Waals surface area (Å²) in [6, 6.07) is 101. The van der Waals surface area contributed by atoms with Crippen LogP contribution in [0.1, 0.15) is 61.1 Å². The number of aryl methyl sites for hydroxylation is 4. The highest BCUT2D eigenvalue weighted by Crippen LogP contribution is 2.60. The van der Waals surface area contributed by atoms with Crippen molar-refractivity contribution in [2.45, 2.75) is 59.8 Å². The van der Waals surface area contributed by atoms with E-state index in [4.69, 9.17) is 0 Å². The van der Waals surface area contributed by atoms with E-state index in [-0.39, 0.29) is 0 Å². The minimum Gasteiger partial charge on any atom is -0.312 e. The Morgan fingerprint density at radius 2 is 0.400 bits per heavy atom. The first-order valence-corrected chi connectivity index (χ1v) is 31.8. The van der Waals surface area contributed by atoms with E-state index < -0.39 is 32.3 Å². The van der Waals surface area contributed by atoms with Crippen molar-refractivity contribution in [2.75, 3.05) is 8.88 Å². The Bertz CT molecular complexity index is 2750. The number of anilines is 2. The van der Waals surface area contributed by atoms with Crippen molar-refractivity contribution in [3.63, 3.8) is 0 Å². The summed E-state index contributed by atoms with van der Waals surface area (Å²) in [5.74, 6) is 0. The zero-order valence-corrected chi connectivity index (χ0v) is 47.2. The number of rotatable bonds is 20. The molecular weight excluding hydrogens is 981 g/mol. The van der Waals surface area contributed by atoms with E-state index >= 15 is 0 Å². The van der Waals surface area contributed by atoms with Crippen LogP contribution in [-0.4, -0.2) is 0 Å². The number of benzene rings is 10.